The fraction of sp³-hybridized carbons (Fsp3) is 0.462. The molecule has 0 aliphatic carbocycles. The molecule has 0 fully saturated rings. The molecule has 0 bridgehead atoms. The number of thiazole rings is 1. The molecule has 1 aromatic rings. The highest BCUT2D eigenvalue weighted by Gasteiger charge is 1.93. The second-order valence-electron chi connectivity index (χ2n) is 2.19. The van der Waals surface area contributed by atoms with Gasteiger partial charge in [0.15, 0.2) is 0 Å². The van der Waals surface area contributed by atoms with Gasteiger partial charge in [0.25, 0.3) is 0 Å². The van der Waals surface area contributed by atoms with Crippen LogP contribution in [0, 0.1) is 6.92 Å². The molecule has 0 radical (unpaired) electrons. The van der Waals surface area contributed by atoms with Gasteiger partial charge < -0.3 is 0 Å². The standard InChI is InChI=1S/C9H11NS.2C2H6/c1-3-4-5-6-9-8(2)10-7-11-9;2*1-2/h3-7H,1-2H3;2*1-2H3/b4-3-,6-5-;;. The number of hydrogen-bond acceptors (Lipinski definition) is 2. The Kier molecular flexibility index (Phi) is 14.5. The van der Waals surface area contributed by atoms with E-state index in [1.807, 2.05) is 65.3 Å². The van der Waals surface area contributed by atoms with Crippen molar-refractivity contribution in [3.05, 3.63) is 34.3 Å². The number of hydrogen-bond donors (Lipinski definition) is 0. The highest BCUT2D eigenvalue weighted by atomic mass is 32.1. The van der Waals surface area contributed by atoms with Gasteiger partial charge in [-0.1, -0.05) is 45.9 Å². The van der Waals surface area contributed by atoms with Gasteiger partial charge in [0.2, 0.25) is 0 Å². The average molecular weight is 225 g/mol. The number of aromatic nitrogens is 1. The lowest BCUT2D eigenvalue weighted by molar-refractivity contribution is 1.26. The van der Waals surface area contributed by atoms with Crippen molar-refractivity contribution in [2.75, 3.05) is 0 Å². The lowest BCUT2D eigenvalue weighted by Crippen LogP contribution is -1.70. The number of allylic oxidation sites excluding steroid dienone is 3. The molecular weight excluding hydrogens is 202 g/mol. The second kappa shape index (κ2) is 13.1. The molecule has 0 aromatic carbocycles. The van der Waals surface area contributed by atoms with Crippen molar-refractivity contribution in [3.8, 4) is 0 Å². The summed E-state index contributed by atoms with van der Waals surface area (Å²) < 4.78 is 0. The summed E-state index contributed by atoms with van der Waals surface area (Å²) in [5, 5.41) is 0. The summed E-state index contributed by atoms with van der Waals surface area (Å²) in [6.07, 6.45) is 8.12. The molecule has 86 valence electrons. The van der Waals surface area contributed by atoms with Crippen LogP contribution in [0.2, 0.25) is 0 Å². The summed E-state index contributed by atoms with van der Waals surface area (Å²) in [5.74, 6) is 0. The van der Waals surface area contributed by atoms with E-state index in [0.717, 1.165) is 5.69 Å². The Morgan fingerprint density at radius 1 is 1.13 bits per heavy atom. The Bertz CT molecular complexity index is 272. The lowest BCUT2D eigenvalue weighted by atomic mass is 10.3. The van der Waals surface area contributed by atoms with Crippen LogP contribution in [-0.4, -0.2) is 4.98 Å². The molecule has 0 unspecified atom stereocenters. The maximum Gasteiger partial charge on any atom is 0.0801 e. The second-order valence-corrected chi connectivity index (χ2v) is 3.07. The van der Waals surface area contributed by atoms with Gasteiger partial charge in [0.05, 0.1) is 11.2 Å². The summed E-state index contributed by atoms with van der Waals surface area (Å²) in [6, 6.07) is 0. The van der Waals surface area contributed by atoms with E-state index in [0.29, 0.717) is 0 Å². The Morgan fingerprint density at radius 3 is 2.13 bits per heavy atom. The highest BCUT2D eigenvalue weighted by Crippen LogP contribution is 2.13. The minimum absolute atomic E-state index is 1.11. The first-order valence-corrected chi connectivity index (χ1v) is 6.42. The van der Waals surface area contributed by atoms with Crippen LogP contribution >= 0.6 is 11.3 Å². The minimum atomic E-state index is 1.11. The fourth-order valence-corrected chi connectivity index (χ4v) is 1.43. The van der Waals surface area contributed by atoms with Crippen molar-refractivity contribution in [1.29, 1.82) is 0 Å². The summed E-state index contributed by atoms with van der Waals surface area (Å²) in [5.41, 5.74) is 2.97. The minimum Gasteiger partial charge on any atom is -0.249 e. The van der Waals surface area contributed by atoms with E-state index in [9.17, 15) is 0 Å². The van der Waals surface area contributed by atoms with E-state index in [4.69, 9.17) is 0 Å². The normalized spacial score (nSPS) is 9.47. The average Bonchev–Trinajstić information content (AvgIpc) is 2.71. The summed E-state index contributed by atoms with van der Waals surface area (Å²) in [6.45, 7) is 12.0. The smallest absolute Gasteiger partial charge is 0.0801 e. The van der Waals surface area contributed by atoms with Crippen molar-refractivity contribution >= 4 is 17.4 Å². The first-order valence-electron chi connectivity index (χ1n) is 5.54. The molecule has 0 atom stereocenters. The van der Waals surface area contributed by atoms with E-state index in [2.05, 4.69) is 11.1 Å². The third-order valence-electron chi connectivity index (χ3n) is 1.33. The zero-order valence-corrected chi connectivity index (χ0v) is 11.6. The highest BCUT2D eigenvalue weighted by molar-refractivity contribution is 7.10. The molecule has 0 saturated carbocycles. The Morgan fingerprint density at radius 2 is 1.73 bits per heavy atom. The first-order chi connectivity index (χ1) is 7.34. The molecule has 0 spiro atoms. The molecule has 1 nitrogen and oxygen atoms in total. The van der Waals surface area contributed by atoms with Crippen LogP contribution in [0.25, 0.3) is 6.08 Å². The number of nitrogens with zero attached hydrogens (tertiary/aromatic N) is 1. The van der Waals surface area contributed by atoms with Gasteiger partial charge in [-0.05, 0) is 19.9 Å². The molecule has 1 aromatic heterocycles. The van der Waals surface area contributed by atoms with Gasteiger partial charge in [-0.15, -0.1) is 11.3 Å². The topological polar surface area (TPSA) is 12.9 Å². The molecule has 1 rings (SSSR count). The van der Waals surface area contributed by atoms with Crippen molar-refractivity contribution in [1.82, 2.24) is 4.98 Å². The van der Waals surface area contributed by atoms with E-state index >= 15 is 0 Å². The van der Waals surface area contributed by atoms with Gasteiger partial charge in [0.1, 0.15) is 0 Å². The first kappa shape index (κ1) is 16.5. The third kappa shape index (κ3) is 8.13. The molecule has 15 heavy (non-hydrogen) atoms. The van der Waals surface area contributed by atoms with Crippen molar-refractivity contribution in [2.45, 2.75) is 41.5 Å². The van der Waals surface area contributed by atoms with Gasteiger partial charge in [0, 0.05) is 4.88 Å². The van der Waals surface area contributed by atoms with Crippen LogP contribution in [0.1, 0.15) is 45.2 Å². The van der Waals surface area contributed by atoms with Crippen LogP contribution in [0.15, 0.2) is 23.7 Å². The van der Waals surface area contributed by atoms with E-state index in [1.165, 1.54) is 4.88 Å². The Labute approximate surface area is 98.6 Å². The Balaban J connectivity index is 0. The predicted molar refractivity (Wildman–Crippen MR) is 73.4 cm³/mol. The zero-order valence-electron chi connectivity index (χ0n) is 10.7. The van der Waals surface area contributed by atoms with Crippen molar-refractivity contribution < 1.29 is 0 Å². The SMILES string of the molecule is C/C=C\C=C/c1scnc1C.CC.CC. The largest absolute Gasteiger partial charge is 0.249 e. The summed E-state index contributed by atoms with van der Waals surface area (Å²) in [7, 11) is 0. The molecule has 2 heteroatoms. The molecule has 0 aliphatic heterocycles. The molecule has 1 heterocycles. The zero-order chi connectivity index (χ0) is 12.1. The van der Waals surface area contributed by atoms with E-state index in [1.54, 1.807) is 11.3 Å². The lowest BCUT2D eigenvalue weighted by Gasteiger charge is -1.83. The molecule has 0 amide bonds. The van der Waals surface area contributed by atoms with E-state index in [-0.39, 0.29) is 0 Å². The summed E-state index contributed by atoms with van der Waals surface area (Å²) >= 11 is 1.67. The summed E-state index contributed by atoms with van der Waals surface area (Å²) in [4.78, 5) is 5.38. The molecule has 0 N–H and O–H groups in total. The van der Waals surface area contributed by atoms with E-state index < -0.39 is 0 Å². The Hall–Kier alpha value is -0.890. The van der Waals surface area contributed by atoms with Crippen LogP contribution in [-0.2, 0) is 0 Å². The maximum absolute atomic E-state index is 4.14. The molecular formula is C13H23NS. The fourth-order valence-electron chi connectivity index (χ4n) is 0.725. The maximum atomic E-state index is 4.14. The van der Waals surface area contributed by atoms with Gasteiger partial charge in [-0.25, -0.2) is 4.98 Å². The number of rotatable bonds is 2. The monoisotopic (exact) mass is 225 g/mol. The van der Waals surface area contributed by atoms with Crippen LogP contribution in [0.4, 0.5) is 0 Å². The van der Waals surface area contributed by atoms with Gasteiger partial charge in [-0.2, -0.15) is 0 Å². The quantitative estimate of drug-likeness (QED) is 0.639. The third-order valence-corrected chi connectivity index (χ3v) is 2.23. The molecule has 0 aliphatic rings. The number of aryl methyl sites for hydroxylation is 1. The van der Waals surface area contributed by atoms with Gasteiger partial charge in [-0.3, -0.25) is 0 Å². The van der Waals surface area contributed by atoms with Crippen LogP contribution in [0.5, 0.6) is 0 Å². The van der Waals surface area contributed by atoms with Crippen LogP contribution in [0.3, 0.4) is 0 Å². The van der Waals surface area contributed by atoms with Gasteiger partial charge >= 0.3 is 0 Å². The predicted octanol–water partition coefficient (Wildman–Crippen LogP) is 5.09. The van der Waals surface area contributed by atoms with Crippen LogP contribution < -0.4 is 0 Å². The molecule has 0 saturated heterocycles. The van der Waals surface area contributed by atoms with Crippen molar-refractivity contribution in [2.24, 2.45) is 0 Å². The van der Waals surface area contributed by atoms with Crippen molar-refractivity contribution in [3.63, 3.8) is 0 Å².